The second-order valence-electron chi connectivity index (χ2n) is 6.78. The maximum Gasteiger partial charge on any atom is 0.0544 e. The Hall–Kier alpha value is -3.32. The molecule has 1 heterocycles. The van der Waals surface area contributed by atoms with E-state index < -0.39 is 0 Å². The Bertz CT molecular complexity index is 1440. The van der Waals surface area contributed by atoms with E-state index in [1.54, 1.807) is 0 Å². The summed E-state index contributed by atoms with van der Waals surface area (Å²) in [6.45, 7) is 0. The molecule has 0 aliphatic heterocycles. The van der Waals surface area contributed by atoms with Crippen LogP contribution in [0, 0.1) is 0 Å². The van der Waals surface area contributed by atoms with Crippen LogP contribution < -0.4 is 0 Å². The summed E-state index contributed by atoms with van der Waals surface area (Å²) in [7, 11) is 0. The van der Waals surface area contributed by atoms with Crippen molar-refractivity contribution in [1.29, 1.82) is 0 Å². The normalized spacial score (nSPS) is 12.0. The molecule has 0 saturated heterocycles. The Balaban J connectivity index is 1.80. The molecule has 0 unspecified atom stereocenters. The highest BCUT2D eigenvalue weighted by molar-refractivity contribution is 6.19. The molecule has 116 valence electrons. The lowest BCUT2D eigenvalue weighted by molar-refractivity contribution is 1.57. The fraction of sp³-hybridized carbons (Fsp3) is 0. The van der Waals surface area contributed by atoms with Gasteiger partial charge in [-0.1, -0.05) is 60.7 Å². The minimum absolute atomic E-state index is 1.20. The van der Waals surface area contributed by atoms with Crippen LogP contribution in [-0.4, -0.2) is 4.98 Å². The van der Waals surface area contributed by atoms with Crippen LogP contribution in [0.15, 0.2) is 84.9 Å². The van der Waals surface area contributed by atoms with Gasteiger partial charge >= 0.3 is 0 Å². The zero-order valence-corrected chi connectivity index (χ0v) is 13.6. The van der Waals surface area contributed by atoms with Gasteiger partial charge in [-0.25, -0.2) is 0 Å². The zero-order valence-electron chi connectivity index (χ0n) is 13.6. The summed E-state index contributed by atoms with van der Waals surface area (Å²) in [5.41, 5.74) is 2.43. The quantitative estimate of drug-likeness (QED) is 0.297. The van der Waals surface area contributed by atoms with Gasteiger partial charge in [0.25, 0.3) is 0 Å². The molecule has 0 spiro atoms. The van der Waals surface area contributed by atoms with E-state index in [4.69, 9.17) is 0 Å². The van der Waals surface area contributed by atoms with Crippen molar-refractivity contribution in [3.63, 3.8) is 0 Å². The van der Waals surface area contributed by atoms with Gasteiger partial charge in [0.1, 0.15) is 0 Å². The molecule has 6 aromatic rings. The van der Waals surface area contributed by atoms with E-state index in [0.717, 1.165) is 0 Å². The van der Waals surface area contributed by atoms with Crippen LogP contribution in [0.5, 0.6) is 0 Å². The van der Waals surface area contributed by atoms with Crippen molar-refractivity contribution in [2.24, 2.45) is 0 Å². The van der Waals surface area contributed by atoms with Gasteiger partial charge in [-0.15, -0.1) is 0 Å². The lowest BCUT2D eigenvalue weighted by Gasteiger charge is -2.03. The Morgan fingerprint density at radius 2 is 1.12 bits per heavy atom. The van der Waals surface area contributed by atoms with E-state index in [-0.39, 0.29) is 0 Å². The van der Waals surface area contributed by atoms with E-state index in [0.29, 0.717) is 0 Å². The molecule has 0 amide bonds. The van der Waals surface area contributed by atoms with Crippen LogP contribution in [-0.2, 0) is 0 Å². The number of fused-ring (bicyclic) bond motifs is 7. The fourth-order valence-electron chi connectivity index (χ4n) is 4.08. The smallest absolute Gasteiger partial charge is 0.0544 e. The van der Waals surface area contributed by atoms with Crippen LogP contribution in [0.25, 0.3) is 54.1 Å². The number of aromatic nitrogens is 1. The van der Waals surface area contributed by atoms with Gasteiger partial charge in [0, 0.05) is 21.7 Å². The fourth-order valence-corrected chi connectivity index (χ4v) is 4.08. The minimum Gasteiger partial charge on any atom is -0.354 e. The molecule has 1 heteroatoms. The SMILES string of the molecule is c1ccc2cc3cc4c(cc3cc2c1)[nH]c1c2ccccc2ccc41. The number of benzene rings is 5. The maximum atomic E-state index is 3.66. The monoisotopic (exact) mass is 317 g/mol. The minimum atomic E-state index is 1.20. The molecule has 0 aliphatic carbocycles. The Morgan fingerprint density at radius 3 is 1.92 bits per heavy atom. The first kappa shape index (κ1) is 13.0. The summed E-state index contributed by atoms with van der Waals surface area (Å²) in [6.07, 6.45) is 0. The second kappa shape index (κ2) is 4.61. The molecule has 25 heavy (non-hydrogen) atoms. The Morgan fingerprint density at radius 1 is 0.440 bits per heavy atom. The molecule has 0 saturated carbocycles. The molecule has 6 rings (SSSR count). The first-order valence-electron chi connectivity index (χ1n) is 8.62. The molecule has 5 aromatic carbocycles. The van der Waals surface area contributed by atoms with Crippen LogP contribution >= 0.6 is 0 Å². The van der Waals surface area contributed by atoms with E-state index in [1.165, 1.54) is 54.1 Å². The molecule has 0 fully saturated rings. The highest BCUT2D eigenvalue weighted by Crippen LogP contribution is 2.34. The van der Waals surface area contributed by atoms with Gasteiger partial charge in [0.15, 0.2) is 0 Å². The van der Waals surface area contributed by atoms with Gasteiger partial charge in [0.05, 0.1) is 5.52 Å². The van der Waals surface area contributed by atoms with Crippen molar-refractivity contribution in [3.05, 3.63) is 84.9 Å². The average molecular weight is 317 g/mol. The second-order valence-corrected chi connectivity index (χ2v) is 6.78. The summed E-state index contributed by atoms with van der Waals surface area (Å²) in [4.78, 5) is 3.66. The van der Waals surface area contributed by atoms with Crippen molar-refractivity contribution >= 4 is 54.1 Å². The van der Waals surface area contributed by atoms with Crippen molar-refractivity contribution < 1.29 is 0 Å². The molecular weight excluding hydrogens is 302 g/mol. The van der Waals surface area contributed by atoms with Crippen LogP contribution in [0.2, 0.25) is 0 Å². The number of nitrogens with one attached hydrogen (secondary N) is 1. The third-order valence-electron chi connectivity index (χ3n) is 5.32. The Labute approximate surface area is 144 Å². The summed E-state index contributed by atoms with van der Waals surface area (Å²) in [5.74, 6) is 0. The van der Waals surface area contributed by atoms with Crippen molar-refractivity contribution in [3.8, 4) is 0 Å². The summed E-state index contributed by atoms with van der Waals surface area (Å²) in [6, 6.07) is 30.8. The average Bonchev–Trinajstić information content (AvgIpc) is 3.02. The number of aromatic amines is 1. The molecule has 1 aromatic heterocycles. The first-order valence-corrected chi connectivity index (χ1v) is 8.62. The van der Waals surface area contributed by atoms with Crippen molar-refractivity contribution in [2.75, 3.05) is 0 Å². The van der Waals surface area contributed by atoms with E-state index >= 15 is 0 Å². The van der Waals surface area contributed by atoms with Crippen LogP contribution in [0.4, 0.5) is 0 Å². The van der Waals surface area contributed by atoms with E-state index in [1.807, 2.05) is 0 Å². The number of H-pyrrole nitrogens is 1. The largest absolute Gasteiger partial charge is 0.354 e. The van der Waals surface area contributed by atoms with E-state index in [9.17, 15) is 0 Å². The third kappa shape index (κ3) is 1.78. The molecule has 1 nitrogen and oxygen atoms in total. The standard InChI is InChI=1S/C24H15N/c1-2-7-17-12-19-14-23-22(13-18(19)11-16(17)6-1)21-10-9-15-5-3-4-8-20(15)24(21)25-23/h1-14,25H. The summed E-state index contributed by atoms with van der Waals surface area (Å²) >= 11 is 0. The molecular formula is C24H15N. The van der Waals surface area contributed by atoms with Crippen molar-refractivity contribution in [2.45, 2.75) is 0 Å². The molecule has 0 atom stereocenters. The van der Waals surface area contributed by atoms with E-state index in [2.05, 4.69) is 89.9 Å². The predicted octanol–water partition coefficient (Wildman–Crippen LogP) is 6.78. The topological polar surface area (TPSA) is 15.8 Å². The maximum absolute atomic E-state index is 3.66. The highest BCUT2D eigenvalue weighted by Gasteiger charge is 2.09. The first-order chi connectivity index (χ1) is 12.4. The highest BCUT2D eigenvalue weighted by atomic mass is 14.7. The van der Waals surface area contributed by atoms with Gasteiger partial charge in [-0.05, 0) is 51.2 Å². The lowest BCUT2D eigenvalue weighted by atomic mass is 10.0. The zero-order chi connectivity index (χ0) is 16.4. The third-order valence-corrected chi connectivity index (χ3v) is 5.32. The Kier molecular flexibility index (Phi) is 2.40. The van der Waals surface area contributed by atoms with Gasteiger partial charge in [-0.2, -0.15) is 0 Å². The summed E-state index contributed by atoms with van der Waals surface area (Å²) in [5, 5.41) is 10.3. The molecule has 0 radical (unpaired) electrons. The lowest BCUT2D eigenvalue weighted by Crippen LogP contribution is -1.77. The molecule has 0 bridgehead atoms. The van der Waals surface area contributed by atoms with Gasteiger partial charge in [0.2, 0.25) is 0 Å². The van der Waals surface area contributed by atoms with Gasteiger partial charge in [-0.3, -0.25) is 0 Å². The van der Waals surface area contributed by atoms with Crippen LogP contribution in [0.1, 0.15) is 0 Å². The number of rotatable bonds is 0. The molecule has 1 N–H and O–H groups in total. The van der Waals surface area contributed by atoms with Gasteiger partial charge < -0.3 is 4.98 Å². The number of hydrogen-bond donors (Lipinski definition) is 1. The number of hydrogen-bond acceptors (Lipinski definition) is 0. The van der Waals surface area contributed by atoms with Crippen molar-refractivity contribution in [1.82, 2.24) is 4.98 Å². The predicted molar refractivity (Wildman–Crippen MR) is 108 cm³/mol. The summed E-state index contributed by atoms with van der Waals surface area (Å²) < 4.78 is 0. The van der Waals surface area contributed by atoms with Crippen LogP contribution in [0.3, 0.4) is 0 Å². The molecule has 0 aliphatic rings.